The Morgan fingerprint density at radius 1 is 0.659 bits per heavy atom. The van der Waals surface area contributed by atoms with E-state index in [4.69, 9.17) is 51.1 Å². The Bertz CT molecular complexity index is 1800. The maximum absolute atomic E-state index is 13.4. The van der Waals surface area contributed by atoms with Crippen molar-refractivity contribution >= 4 is 85.6 Å². The number of hydrogen-bond acceptors (Lipinski definition) is 6. The molecule has 0 spiro atoms. The highest BCUT2D eigenvalue weighted by Gasteiger charge is 2.29. The van der Waals surface area contributed by atoms with Gasteiger partial charge in [-0.05, 0) is 48.5 Å². The summed E-state index contributed by atoms with van der Waals surface area (Å²) in [4.78, 5) is 36.7. The van der Waals surface area contributed by atoms with E-state index in [1.807, 2.05) is 0 Å². The molecule has 4 aromatic carbocycles. The minimum Gasteiger partial charge on any atom is -0.478 e. The average molecular weight is 654 g/mol. The lowest BCUT2D eigenvalue weighted by Crippen LogP contribution is -2.18. The van der Waals surface area contributed by atoms with Crippen LogP contribution in [0.1, 0.15) is 20.7 Å². The molecule has 2 amide bonds. The predicted octanol–water partition coefficient (Wildman–Crippen LogP) is 7.69. The maximum atomic E-state index is 13.4. The average Bonchev–Trinajstić information content (AvgIpc) is 2.94. The standard InChI is InChI=1S/C27H16Cl4N2O7S/c28-21-19(20(26(35)36)22(29)24(31)23(21)30)25(34)32-14-6-4-10-17(12-14)41(38,39)18-11-5-7-15(13-18)33-27(37)40-16-8-2-1-3-9-16/h1-13H,(H,32,34)(H,33,37)(H,35,36). The fraction of sp³-hybridized carbons (Fsp3) is 0. The minimum atomic E-state index is -4.15. The first-order valence-electron chi connectivity index (χ1n) is 11.3. The zero-order valence-electron chi connectivity index (χ0n) is 20.3. The number of aromatic carboxylic acids is 1. The SMILES string of the molecule is O=C(Nc1cccc(S(=O)(=O)c2cccc(NC(=O)c3c(Cl)c(Cl)c(Cl)c(Cl)c3C(=O)O)c2)c1)Oc1ccccc1. The van der Waals surface area contributed by atoms with Crippen molar-refractivity contribution in [2.45, 2.75) is 9.79 Å². The van der Waals surface area contributed by atoms with E-state index < -0.39 is 49.0 Å². The molecular formula is C27H16Cl4N2O7S. The van der Waals surface area contributed by atoms with Gasteiger partial charge in [0, 0.05) is 11.4 Å². The lowest BCUT2D eigenvalue weighted by atomic mass is 10.1. The molecule has 14 heteroatoms. The molecule has 41 heavy (non-hydrogen) atoms. The predicted molar refractivity (Wildman–Crippen MR) is 156 cm³/mol. The van der Waals surface area contributed by atoms with Crippen molar-refractivity contribution in [2.24, 2.45) is 0 Å². The van der Waals surface area contributed by atoms with Gasteiger partial charge in [-0.25, -0.2) is 18.0 Å². The zero-order valence-corrected chi connectivity index (χ0v) is 24.2. The van der Waals surface area contributed by atoms with Crippen LogP contribution in [0.3, 0.4) is 0 Å². The smallest absolute Gasteiger partial charge is 0.417 e. The van der Waals surface area contributed by atoms with Gasteiger partial charge < -0.3 is 15.2 Å². The van der Waals surface area contributed by atoms with Crippen molar-refractivity contribution in [3.05, 3.63) is 110 Å². The number of ether oxygens (including phenoxy) is 1. The Labute approximate surface area is 253 Å². The molecule has 0 aliphatic heterocycles. The van der Waals surface area contributed by atoms with E-state index in [0.29, 0.717) is 5.75 Å². The number of nitrogens with one attached hydrogen (secondary N) is 2. The maximum Gasteiger partial charge on any atom is 0.417 e. The quantitative estimate of drug-likeness (QED) is 0.137. The molecule has 0 saturated heterocycles. The summed E-state index contributed by atoms with van der Waals surface area (Å²) in [6.45, 7) is 0. The van der Waals surface area contributed by atoms with Crippen LogP contribution in [-0.4, -0.2) is 31.5 Å². The van der Waals surface area contributed by atoms with Crippen molar-refractivity contribution in [1.29, 1.82) is 0 Å². The second-order valence-corrected chi connectivity index (χ2v) is 11.6. The summed E-state index contributed by atoms with van der Waals surface area (Å²) in [6, 6.07) is 19.0. The molecule has 0 aliphatic rings. The Morgan fingerprint density at radius 2 is 1.17 bits per heavy atom. The van der Waals surface area contributed by atoms with Crippen molar-refractivity contribution < 1.29 is 32.6 Å². The lowest BCUT2D eigenvalue weighted by molar-refractivity contribution is 0.0692. The van der Waals surface area contributed by atoms with Gasteiger partial charge in [-0.3, -0.25) is 10.1 Å². The summed E-state index contributed by atoms with van der Waals surface area (Å²) in [5, 5.41) is 12.9. The molecule has 4 aromatic rings. The molecule has 9 nitrogen and oxygen atoms in total. The highest BCUT2D eigenvalue weighted by molar-refractivity contribution is 7.91. The number of anilines is 2. The second kappa shape index (κ2) is 12.4. The van der Waals surface area contributed by atoms with Crippen molar-refractivity contribution in [2.75, 3.05) is 10.6 Å². The monoisotopic (exact) mass is 652 g/mol. The fourth-order valence-corrected chi connectivity index (χ4v) is 5.97. The molecule has 3 N–H and O–H groups in total. The first-order valence-corrected chi connectivity index (χ1v) is 14.3. The van der Waals surface area contributed by atoms with E-state index in [1.54, 1.807) is 30.3 Å². The van der Waals surface area contributed by atoms with Crippen LogP contribution in [0, 0.1) is 0 Å². The van der Waals surface area contributed by atoms with E-state index in [1.165, 1.54) is 42.5 Å². The summed E-state index contributed by atoms with van der Waals surface area (Å²) in [7, 11) is -4.15. The topological polar surface area (TPSA) is 139 Å². The third-order valence-electron chi connectivity index (χ3n) is 5.45. The molecule has 0 atom stereocenters. The fourth-order valence-electron chi connectivity index (χ4n) is 3.60. The molecule has 0 bridgehead atoms. The number of carboxylic acids is 1. The summed E-state index contributed by atoms with van der Waals surface area (Å²) >= 11 is 24.1. The highest BCUT2D eigenvalue weighted by atomic mass is 35.5. The molecule has 0 radical (unpaired) electrons. The van der Waals surface area contributed by atoms with Crippen LogP contribution in [0.5, 0.6) is 5.75 Å². The van der Waals surface area contributed by atoms with Crippen LogP contribution in [0.2, 0.25) is 20.1 Å². The summed E-state index contributed by atoms with van der Waals surface area (Å²) in [6.07, 6.45) is -0.822. The van der Waals surface area contributed by atoms with Crippen LogP contribution >= 0.6 is 46.4 Å². The molecule has 0 aliphatic carbocycles. The number of sulfone groups is 1. The van der Waals surface area contributed by atoms with E-state index in [-0.39, 0.29) is 31.2 Å². The van der Waals surface area contributed by atoms with Gasteiger partial charge in [0.15, 0.2) is 0 Å². The zero-order chi connectivity index (χ0) is 29.9. The van der Waals surface area contributed by atoms with E-state index in [9.17, 15) is 27.9 Å². The van der Waals surface area contributed by atoms with Crippen LogP contribution in [0.4, 0.5) is 16.2 Å². The van der Waals surface area contributed by atoms with Gasteiger partial charge in [-0.15, -0.1) is 0 Å². The first kappa shape index (κ1) is 30.2. The largest absolute Gasteiger partial charge is 0.478 e. The number of para-hydroxylation sites is 1. The van der Waals surface area contributed by atoms with Gasteiger partial charge >= 0.3 is 12.1 Å². The van der Waals surface area contributed by atoms with Crippen LogP contribution in [0.25, 0.3) is 0 Å². The molecular weight excluding hydrogens is 638 g/mol. The van der Waals surface area contributed by atoms with Crippen LogP contribution in [0.15, 0.2) is 88.7 Å². The highest BCUT2D eigenvalue weighted by Crippen LogP contribution is 2.42. The summed E-state index contributed by atoms with van der Waals surface area (Å²) < 4.78 is 31.9. The minimum absolute atomic E-state index is 0.00797. The van der Waals surface area contributed by atoms with Gasteiger partial charge in [0.25, 0.3) is 5.91 Å². The second-order valence-electron chi connectivity index (χ2n) is 8.15. The number of amides is 2. The van der Waals surface area contributed by atoms with Gasteiger partial charge in [-0.1, -0.05) is 76.7 Å². The number of benzene rings is 4. The third kappa shape index (κ3) is 6.58. The Kier molecular flexibility index (Phi) is 9.11. The van der Waals surface area contributed by atoms with Gasteiger partial charge in [0.05, 0.1) is 41.0 Å². The summed E-state index contributed by atoms with van der Waals surface area (Å²) in [5.41, 5.74) is -1.09. The number of carbonyl (C=O) groups is 3. The Balaban J connectivity index is 1.59. The molecule has 4 rings (SSSR count). The Hall–Kier alpha value is -3.80. The number of halogens is 4. The van der Waals surface area contributed by atoms with Gasteiger partial charge in [0.2, 0.25) is 9.84 Å². The molecule has 0 heterocycles. The number of carboxylic acid groups (broad SMARTS) is 1. The number of hydrogen-bond donors (Lipinski definition) is 3. The summed E-state index contributed by atoms with van der Waals surface area (Å²) in [5.74, 6) is -2.31. The number of rotatable bonds is 7. The first-order chi connectivity index (χ1) is 19.4. The van der Waals surface area contributed by atoms with Crippen LogP contribution in [-0.2, 0) is 9.84 Å². The molecule has 0 unspecified atom stereocenters. The lowest BCUT2D eigenvalue weighted by Gasteiger charge is -2.14. The van der Waals surface area contributed by atoms with Crippen molar-refractivity contribution in [3.63, 3.8) is 0 Å². The van der Waals surface area contributed by atoms with Gasteiger partial charge in [-0.2, -0.15) is 0 Å². The number of carbonyl (C=O) groups excluding carboxylic acids is 2. The van der Waals surface area contributed by atoms with E-state index in [0.717, 1.165) is 6.07 Å². The Morgan fingerprint density at radius 3 is 1.71 bits per heavy atom. The third-order valence-corrected chi connectivity index (χ3v) is 9.01. The van der Waals surface area contributed by atoms with Gasteiger partial charge in [0.1, 0.15) is 5.75 Å². The molecule has 0 fully saturated rings. The van der Waals surface area contributed by atoms with Crippen LogP contribution < -0.4 is 15.4 Å². The van der Waals surface area contributed by atoms with E-state index >= 15 is 0 Å². The molecule has 0 aromatic heterocycles. The van der Waals surface area contributed by atoms with E-state index in [2.05, 4.69) is 10.6 Å². The molecule has 210 valence electrons. The van der Waals surface area contributed by atoms with Crippen molar-refractivity contribution in [1.82, 2.24) is 0 Å². The normalized spacial score (nSPS) is 11.0. The molecule has 0 saturated carbocycles. The van der Waals surface area contributed by atoms with Crippen molar-refractivity contribution in [3.8, 4) is 5.75 Å².